The fraction of sp³-hybridized carbons (Fsp3) is 0.611. The Morgan fingerprint density at radius 1 is 0.792 bits per heavy atom. The lowest BCUT2D eigenvalue weighted by molar-refractivity contribution is -0.137. The van der Waals surface area contributed by atoms with Crippen molar-refractivity contribution in [2.24, 2.45) is 0 Å². The van der Waals surface area contributed by atoms with Crippen LogP contribution in [-0.4, -0.2) is 24.0 Å². The number of benzene rings is 1. The first-order valence-corrected chi connectivity index (χ1v) is 10.1. The van der Waals surface area contributed by atoms with Crippen molar-refractivity contribution in [1.82, 2.24) is 0 Å². The third kappa shape index (κ3) is 9.67. The highest BCUT2D eigenvalue weighted by Crippen LogP contribution is 2.14. The molecule has 136 valence electrons. The third-order valence-electron chi connectivity index (χ3n) is 4.08. The molecule has 0 fully saturated rings. The summed E-state index contributed by atoms with van der Waals surface area (Å²) >= 11 is 0. The van der Waals surface area contributed by atoms with Crippen molar-refractivity contribution in [3.8, 4) is 0 Å². The van der Waals surface area contributed by atoms with Crippen LogP contribution in [0.2, 0.25) is 0 Å². The Hall–Kier alpha value is -1.40. The van der Waals surface area contributed by atoms with E-state index in [4.69, 9.17) is 9.66 Å². The van der Waals surface area contributed by atoms with Gasteiger partial charge < -0.3 is 5.11 Å². The van der Waals surface area contributed by atoms with Crippen molar-refractivity contribution in [2.45, 2.75) is 75.5 Å². The van der Waals surface area contributed by atoms with Gasteiger partial charge in [-0.1, -0.05) is 57.1 Å². The van der Waals surface area contributed by atoms with E-state index in [2.05, 4.69) is 0 Å². The van der Waals surface area contributed by atoms with E-state index in [9.17, 15) is 13.2 Å². The Morgan fingerprint density at radius 2 is 1.25 bits per heavy atom. The van der Waals surface area contributed by atoms with Crippen LogP contribution in [0.15, 0.2) is 29.2 Å². The minimum absolute atomic E-state index is 0.0606. The molecule has 1 aromatic rings. The number of carboxylic acids is 1. The number of aryl methyl sites for hydroxylation is 1. The van der Waals surface area contributed by atoms with Crippen LogP contribution < -0.4 is 0 Å². The molecule has 0 aliphatic carbocycles. The number of hydrogen-bond donors (Lipinski definition) is 2. The molecule has 0 spiro atoms. The Bertz CT molecular complexity index is 578. The van der Waals surface area contributed by atoms with Gasteiger partial charge in [-0.2, -0.15) is 8.42 Å². The largest absolute Gasteiger partial charge is 0.481 e. The number of carboxylic acid groups (broad SMARTS) is 1. The number of aliphatic carboxylic acids is 1. The normalized spacial score (nSPS) is 11.5. The predicted octanol–water partition coefficient (Wildman–Crippen LogP) is 4.46. The quantitative estimate of drug-likeness (QED) is 0.402. The van der Waals surface area contributed by atoms with Crippen molar-refractivity contribution < 1.29 is 22.9 Å². The molecule has 0 heterocycles. The fourth-order valence-corrected chi connectivity index (χ4v) is 3.15. The van der Waals surface area contributed by atoms with Crippen LogP contribution in [0.1, 0.15) is 69.8 Å². The molecule has 24 heavy (non-hydrogen) atoms. The third-order valence-corrected chi connectivity index (χ3v) is 4.95. The van der Waals surface area contributed by atoms with Crippen LogP contribution in [0.5, 0.6) is 0 Å². The summed E-state index contributed by atoms with van der Waals surface area (Å²) < 4.78 is 30.8. The molecule has 0 saturated carbocycles. The SMILES string of the molecule is O=C(O)CCCCCCCCCCCc1ccc(S(=O)(=O)O)cc1. The maximum atomic E-state index is 10.9. The summed E-state index contributed by atoms with van der Waals surface area (Å²) in [5, 5.41) is 8.53. The second kappa shape index (κ2) is 11.2. The maximum absolute atomic E-state index is 10.9. The highest BCUT2D eigenvalue weighted by Gasteiger charge is 2.08. The summed E-state index contributed by atoms with van der Waals surface area (Å²) in [6.07, 6.45) is 11.1. The van der Waals surface area contributed by atoms with Gasteiger partial charge in [0.25, 0.3) is 10.1 Å². The van der Waals surface area contributed by atoms with Crippen LogP contribution in [0.3, 0.4) is 0 Å². The number of carbonyl (C=O) groups is 1. The number of rotatable bonds is 13. The second-order valence-electron chi connectivity index (χ2n) is 6.19. The van der Waals surface area contributed by atoms with E-state index >= 15 is 0 Å². The monoisotopic (exact) mass is 356 g/mol. The molecule has 0 bridgehead atoms. The van der Waals surface area contributed by atoms with E-state index < -0.39 is 16.1 Å². The van der Waals surface area contributed by atoms with E-state index in [1.165, 1.54) is 37.8 Å². The van der Waals surface area contributed by atoms with E-state index in [-0.39, 0.29) is 11.3 Å². The van der Waals surface area contributed by atoms with E-state index in [0.717, 1.165) is 44.1 Å². The lowest BCUT2D eigenvalue weighted by atomic mass is 10.0. The average molecular weight is 356 g/mol. The van der Waals surface area contributed by atoms with Gasteiger partial charge in [0, 0.05) is 6.42 Å². The van der Waals surface area contributed by atoms with Gasteiger partial charge in [-0.3, -0.25) is 9.35 Å². The highest BCUT2D eigenvalue weighted by atomic mass is 32.2. The van der Waals surface area contributed by atoms with Gasteiger partial charge >= 0.3 is 5.97 Å². The Morgan fingerprint density at radius 3 is 1.71 bits per heavy atom. The predicted molar refractivity (Wildman–Crippen MR) is 93.8 cm³/mol. The minimum Gasteiger partial charge on any atom is -0.481 e. The molecule has 0 saturated heterocycles. The minimum atomic E-state index is -4.10. The maximum Gasteiger partial charge on any atom is 0.303 e. The van der Waals surface area contributed by atoms with E-state index in [1.807, 2.05) is 0 Å². The highest BCUT2D eigenvalue weighted by molar-refractivity contribution is 7.85. The molecule has 0 aromatic heterocycles. The van der Waals surface area contributed by atoms with Gasteiger partial charge in [0.1, 0.15) is 0 Å². The zero-order chi connectivity index (χ0) is 17.8. The average Bonchev–Trinajstić information content (AvgIpc) is 2.52. The standard InChI is InChI=1S/C18H28O5S/c19-18(20)11-9-7-5-3-1-2-4-6-8-10-16-12-14-17(15-13-16)24(21,22)23/h12-15H,1-11H2,(H,19,20)(H,21,22,23). The van der Waals surface area contributed by atoms with Gasteiger partial charge in [0.05, 0.1) is 4.90 Å². The molecule has 6 heteroatoms. The zero-order valence-corrected chi connectivity index (χ0v) is 14.9. The lowest BCUT2D eigenvalue weighted by Gasteiger charge is -2.04. The molecule has 0 unspecified atom stereocenters. The van der Waals surface area contributed by atoms with Crippen LogP contribution in [0, 0.1) is 0 Å². The molecule has 0 atom stereocenters. The Kier molecular flexibility index (Phi) is 9.64. The second-order valence-corrected chi connectivity index (χ2v) is 7.62. The molecule has 1 aromatic carbocycles. The summed E-state index contributed by atoms with van der Waals surface area (Å²) in [4.78, 5) is 10.3. The summed E-state index contributed by atoms with van der Waals surface area (Å²) in [5.41, 5.74) is 1.08. The summed E-state index contributed by atoms with van der Waals surface area (Å²) in [7, 11) is -4.10. The van der Waals surface area contributed by atoms with Gasteiger partial charge in [-0.15, -0.1) is 0 Å². The first kappa shape index (κ1) is 20.6. The first-order valence-electron chi connectivity index (χ1n) is 8.68. The first-order chi connectivity index (χ1) is 11.4. The number of unbranched alkanes of at least 4 members (excludes halogenated alkanes) is 8. The summed E-state index contributed by atoms with van der Waals surface area (Å²) in [5.74, 6) is -0.706. The van der Waals surface area contributed by atoms with Crippen molar-refractivity contribution in [3.05, 3.63) is 29.8 Å². The van der Waals surface area contributed by atoms with Crippen molar-refractivity contribution >= 4 is 16.1 Å². The molecule has 1 rings (SSSR count). The topological polar surface area (TPSA) is 91.7 Å². The molecular weight excluding hydrogens is 328 g/mol. The van der Waals surface area contributed by atoms with Gasteiger partial charge in [-0.05, 0) is 37.0 Å². The summed E-state index contributed by atoms with van der Waals surface area (Å²) in [6.45, 7) is 0. The lowest BCUT2D eigenvalue weighted by Crippen LogP contribution is -1.98. The molecular formula is C18H28O5S. The molecule has 0 aliphatic heterocycles. The molecule has 2 N–H and O–H groups in total. The molecule has 0 amide bonds. The molecule has 5 nitrogen and oxygen atoms in total. The van der Waals surface area contributed by atoms with E-state index in [1.54, 1.807) is 12.1 Å². The van der Waals surface area contributed by atoms with Gasteiger partial charge in [0.15, 0.2) is 0 Å². The van der Waals surface area contributed by atoms with Crippen molar-refractivity contribution in [3.63, 3.8) is 0 Å². The fourth-order valence-electron chi connectivity index (χ4n) is 2.67. The molecule has 0 aliphatic rings. The number of hydrogen-bond acceptors (Lipinski definition) is 3. The van der Waals surface area contributed by atoms with Crippen molar-refractivity contribution in [1.29, 1.82) is 0 Å². The van der Waals surface area contributed by atoms with Crippen LogP contribution in [0.4, 0.5) is 0 Å². The van der Waals surface area contributed by atoms with Crippen LogP contribution >= 0.6 is 0 Å². The Balaban J connectivity index is 2.00. The van der Waals surface area contributed by atoms with Gasteiger partial charge in [0.2, 0.25) is 0 Å². The van der Waals surface area contributed by atoms with E-state index in [0.29, 0.717) is 0 Å². The smallest absolute Gasteiger partial charge is 0.303 e. The Labute approximate surface area is 144 Å². The molecule has 0 radical (unpaired) electrons. The van der Waals surface area contributed by atoms with Crippen molar-refractivity contribution in [2.75, 3.05) is 0 Å². The van der Waals surface area contributed by atoms with Gasteiger partial charge in [-0.25, -0.2) is 0 Å². The van der Waals surface area contributed by atoms with Crippen LogP contribution in [-0.2, 0) is 21.3 Å². The van der Waals surface area contributed by atoms with Crippen LogP contribution in [0.25, 0.3) is 0 Å². The zero-order valence-electron chi connectivity index (χ0n) is 14.1. The summed E-state index contributed by atoms with van der Waals surface area (Å²) in [6, 6.07) is 6.38.